The fourth-order valence-electron chi connectivity index (χ4n) is 2.22. The normalized spacial score (nSPS) is 10.7. The molecule has 0 aliphatic rings. The van der Waals surface area contributed by atoms with Crippen molar-refractivity contribution in [2.75, 3.05) is 5.32 Å². The molecule has 0 saturated carbocycles. The Morgan fingerprint density at radius 2 is 2.19 bits per heavy atom. The average Bonchev–Trinajstić information content (AvgIpc) is 2.89. The van der Waals surface area contributed by atoms with Gasteiger partial charge in [0.25, 0.3) is 5.69 Å². The molecule has 0 amide bonds. The monoisotopic (exact) mass is 299 g/mol. The molecule has 5 nitrogen and oxygen atoms in total. The lowest BCUT2D eigenvalue weighted by Crippen LogP contribution is -2.01. The van der Waals surface area contributed by atoms with Crippen molar-refractivity contribution in [3.05, 3.63) is 62.5 Å². The number of nitro benzene ring substituents is 1. The number of aryl methyl sites for hydroxylation is 1. The second-order valence-electron chi connectivity index (χ2n) is 4.67. The van der Waals surface area contributed by atoms with Crippen LogP contribution >= 0.6 is 11.3 Å². The summed E-state index contributed by atoms with van der Waals surface area (Å²) in [6.07, 6.45) is 1.57. The van der Waals surface area contributed by atoms with Gasteiger partial charge in [-0.05, 0) is 42.1 Å². The number of thiophene rings is 1. The highest BCUT2D eigenvalue weighted by atomic mass is 32.1. The summed E-state index contributed by atoms with van der Waals surface area (Å²) in [6, 6.07) is 8.95. The number of hydrogen-bond acceptors (Lipinski definition) is 5. The molecule has 2 aromatic heterocycles. The predicted octanol–water partition coefficient (Wildman–Crippen LogP) is 4.13. The van der Waals surface area contributed by atoms with Crippen LogP contribution in [0.3, 0.4) is 0 Å². The van der Waals surface area contributed by atoms with E-state index in [2.05, 4.69) is 28.7 Å². The van der Waals surface area contributed by atoms with Crippen LogP contribution in [-0.4, -0.2) is 9.91 Å². The van der Waals surface area contributed by atoms with E-state index in [0.717, 1.165) is 11.1 Å². The van der Waals surface area contributed by atoms with Crippen molar-refractivity contribution >= 4 is 33.6 Å². The van der Waals surface area contributed by atoms with Gasteiger partial charge in [0.05, 0.1) is 4.92 Å². The number of pyridine rings is 1. The van der Waals surface area contributed by atoms with E-state index in [9.17, 15) is 10.1 Å². The van der Waals surface area contributed by atoms with Gasteiger partial charge in [-0.2, -0.15) is 0 Å². The molecule has 0 unspecified atom stereocenters. The van der Waals surface area contributed by atoms with Gasteiger partial charge in [0, 0.05) is 34.8 Å². The van der Waals surface area contributed by atoms with Crippen molar-refractivity contribution in [1.82, 2.24) is 4.98 Å². The summed E-state index contributed by atoms with van der Waals surface area (Å²) in [5.41, 5.74) is 2.55. The second kappa shape index (κ2) is 5.49. The summed E-state index contributed by atoms with van der Waals surface area (Å²) in [5.74, 6) is 0. The second-order valence-corrected chi connectivity index (χ2v) is 5.67. The van der Waals surface area contributed by atoms with Gasteiger partial charge >= 0.3 is 0 Å². The molecule has 0 radical (unpaired) electrons. The van der Waals surface area contributed by atoms with Gasteiger partial charge in [-0.3, -0.25) is 10.1 Å². The minimum absolute atomic E-state index is 0.0310. The molecular weight excluding hydrogens is 286 g/mol. The Labute approximate surface area is 125 Å². The van der Waals surface area contributed by atoms with Gasteiger partial charge < -0.3 is 5.32 Å². The van der Waals surface area contributed by atoms with Crippen molar-refractivity contribution in [2.24, 2.45) is 0 Å². The molecule has 21 heavy (non-hydrogen) atoms. The van der Waals surface area contributed by atoms with Crippen LogP contribution in [0.4, 0.5) is 11.4 Å². The van der Waals surface area contributed by atoms with Gasteiger partial charge in [0.2, 0.25) is 0 Å². The molecule has 2 heterocycles. The molecule has 0 aliphatic carbocycles. The highest BCUT2D eigenvalue weighted by molar-refractivity contribution is 7.10. The molecule has 0 fully saturated rings. The minimum Gasteiger partial charge on any atom is -0.380 e. The maximum atomic E-state index is 11.1. The molecule has 0 bridgehead atoms. The highest BCUT2D eigenvalue weighted by Crippen LogP contribution is 2.30. The average molecular weight is 299 g/mol. The van der Waals surface area contributed by atoms with Crippen LogP contribution in [-0.2, 0) is 6.54 Å². The zero-order valence-electron chi connectivity index (χ0n) is 11.4. The number of nitrogens with one attached hydrogen (secondary N) is 1. The van der Waals surface area contributed by atoms with E-state index in [1.54, 1.807) is 29.7 Å². The number of hydrogen-bond donors (Lipinski definition) is 1. The molecular formula is C15H13N3O2S. The number of anilines is 1. The van der Waals surface area contributed by atoms with E-state index in [0.29, 0.717) is 12.1 Å². The molecule has 0 aliphatic heterocycles. The minimum atomic E-state index is -0.400. The van der Waals surface area contributed by atoms with Gasteiger partial charge in [-0.25, -0.2) is 4.98 Å². The number of non-ortho nitro benzene ring substituents is 1. The van der Waals surface area contributed by atoms with E-state index < -0.39 is 4.92 Å². The lowest BCUT2D eigenvalue weighted by molar-refractivity contribution is -0.383. The smallest absolute Gasteiger partial charge is 0.295 e. The quantitative estimate of drug-likeness (QED) is 0.581. The first kappa shape index (κ1) is 13.5. The van der Waals surface area contributed by atoms with Crippen molar-refractivity contribution < 1.29 is 4.92 Å². The summed E-state index contributed by atoms with van der Waals surface area (Å²) in [4.78, 5) is 16.1. The summed E-state index contributed by atoms with van der Waals surface area (Å²) in [7, 11) is 0. The van der Waals surface area contributed by atoms with E-state index in [-0.39, 0.29) is 5.69 Å². The molecule has 3 rings (SSSR count). The van der Waals surface area contributed by atoms with Crippen LogP contribution in [0.5, 0.6) is 0 Å². The van der Waals surface area contributed by atoms with Gasteiger partial charge in [0.1, 0.15) is 5.52 Å². The first-order valence-corrected chi connectivity index (χ1v) is 7.34. The Balaban J connectivity index is 1.98. The summed E-state index contributed by atoms with van der Waals surface area (Å²) in [6.45, 7) is 2.77. The van der Waals surface area contributed by atoms with Crippen LogP contribution in [0.15, 0.2) is 41.9 Å². The molecule has 1 aromatic carbocycles. The fraction of sp³-hybridized carbons (Fsp3) is 0.133. The number of nitrogens with zero attached hydrogens (tertiary/aromatic N) is 2. The van der Waals surface area contributed by atoms with Gasteiger partial charge in [0.15, 0.2) is 0 Å². The van der Waals surface area contributed by atoms with Gasteiger partial charge in [-0.1, -0.05) is 0 Å². The molecule has 3 aromatic rings. The largest absolute Gasteiger partial charge is 0.380 e. The van der Waals surface area contributed by atoms with E-state index in [1.807, 2.05) is 6.07 Å². The summed E-state index contributed by atoms with van der Waals surface area (Å²) < 4.78 is 0. The van der Waals surface area contributed by atoms with Crippen LogP contribution in [0, 0.1) is 17.0 Å². The zero-order chi connectivity index (χ0) is 14.8. The number of nitro groups is 1. The van der Waals surface area contributed by atoms with Crippen LogP contribution in [0.2, 0.25) is 0 Å². The van der Waals surface area contributed by atoms with E-state index in [4.69, 9.17) is 0 Å². The highest BCUT2D eigenvalue weighted by Gasteiger charge is 2.15. The molecule has 6 heteroatoms. The third-order valence-corrected chi connectivity index (χ3v) is 4.38. The Morgan fingerprint density at radius 3 is 2.90 bits per heavy atom. The number of fused-ring (bicyclic) bond motifs is 1. The van der Waals surface area contributed by atoms with Gasteiger partial charge in [-0.15, -0.1) is 11.3 Å². The summed E-state index contributed by atoms with van der Waals surface area (Å²) in [5, 5.41) is 17.2. The Bertz CT molecular complexity index is 814. The van der Waals surface area contributed by atoms with Crippen LogP contribution in [0.1, 0.15) is 10.4 Å². The molecule has 106 valence electrons. The SMILES string of the molecule is Cc1ccsc1CNc1ccc([N+](=O)[O-])c2ncccc12. The topological polar surface area (TPSA) is 68.1 Å². The first-order valence-electron chi connectivity index (χ1n) is 6.46. The fourth-order valence-corrected chi connectivity index (χ4v) is 3.07. The van der Waals surface area contributed by atoms with Crippen molar-refractivity contribution in [1.29, 1.82) is 0 Å². The summed E-state index contributed by atoms with van der Waals surface area (Å²) >= 11 is 1.70. The lowest BCUT2D eigenvalue weighted by Gasteiger charge is -2.09. The van der Waals surface area contributed by atoms with E-state index >= 15 is 0 Å². The molecule has 0 saturated heterocycles. The third-order valence-electron chi connectivity index (χ3n) is 3.35. The Hall–Kier alpha value is -2.47. The number of rotatable bonds is 4. The molecule has 1 N–H and O–H groups in total. The Kier molecular flexibility index (Phi) is 3.53. The zero-order valence-corrected chi connectivity index (χ0v) is 12.2. The van der Waals surface area contributed by atoms with E-state index in [1.165, 1.54) is 16.5 Å². The molecule has 0 spiro atoms. The Morgan fingerprint density at radius 1 is 1.33 bits per heavy atom. The first-order chi connectivity index (χ1) is 10.2. The third kappa shape index (κ3) is 2.57. The van der Waals surface area contributed by atoms with Crippen molar-refractivity contribution in [3.63, 3.8) is 0 Å². The molecule has 0 atom stereocenters. The van der Waals surface area contributed by atoms with Crippen LogP contribution < -0.4 is 5.32 Å². The van der Waals surface area contributed by atoms with Crippen molar-refractivity contribution in [2.45, 2.75) is 13.5 Å². The number of aromatic nitrogens is 1. The number of benzene rings is 1. The maximum Gasteiger partial charge on any atom is 0.295 e. The maximum absolute atomic E-state index is 11.1. The van der Waals surface area contributed by atoms with Crippen molar-refractivity contribution in [3.8, 4) is 0 Å². The predicted molar refractivity (Wildman–Crippen MR) is 84.8 cm³/mol. The standard InChI is InChI=1S/C15H13N3O2S/c1-10-6-8-21-14(10)9-17-12-4-5-13(18(19)20)15-11(12)3-2-7-16-15/h2-8,17H,9H2,1H3. The van der Waals surface area contributed by atoms with Crippen LogP contribution in [0.25, 0.3) is 10.9 Å². The lowest BCUT2D eigenvalue weighted by atomic mass is 10.1.